The lowest BCUT2D eigenvalue weighted by Crippen LogP contribution is -2.40. The van der Waals surface area contributed by atoms with Gasteiger partial charge in [0.2, 0.25) is 0 Å². The second-order valence-corrected chi connectivity index (χ2v) is 8.48. The Balaban J connectivity index is 1.31. The van der Waals surface area contributed by atoms with Crippen LogP contribution in [-0.4, -0.2) is 42.4 Å². The van der Waals surface area contributed by atoms with Crippen LogP contribution in [0.15, 0.2) is 65.1 Å². The summed E-state index contributed by atoms with van der Waals surface area (Å²) in [4.78, 5) is 27.5. The van der Waals surface area contributed by atoms with Gasteiger partial charge in [0.15, 0.2) is 0 Å². The number of amides is 2. The number of benzene rings is 2. The molecule has 6 heteroatoms. The molecule has 33 heavy (non-hydrogen) atoms. The molecule has 2 amide bonds. The normalized spacial score (nSPS) is 19.0. The van der Waals surface area contributed by atoms with Crippen molar-refractivity contribution in [1.82, 2.24) is 10.2 Å². The van der Waals surface area contributed by atoms with Crippen LogP contribution < -0.4 is 10.6 Å². The number of likely N-dealkylation sites (N-methyl/N-ethyl adjacent to an activating group) is 1. The number of nitrogens with one attached hydrogen (secondary N) is 2. The van der Waals surface area contributed by atoms with E-state index in [2.05, 4.69) is 22.5 Å². The number of nitrogens with zero attached hydrogens (tertiary/aromatic N) is 1. The minimum atomic E-state index is -0.142. The average Bonchev–Trinajstić information content (AvgIpc) is 3.57. The molecule has 2 aromatic carbocycles. The maximum Gasteiger partial charge on any atom is 0.256 e. The first kappa shape index (κ1) is 21.2. The average molecular weight is 442 g/mol. The van der Waals surface area contributed by atoms with Gasteiger partial charge in [0.25, 0.3) is 11.8 Å². The molecule has 0 saturated carbocycles. The highest BCUT2D eigenvalue weighted by atomic mass is 16.3. The number of hydrogen-bond donors (Lipinski definition) is 2. The van der Waals surface area contributed by atoms with Gasteiger partial charge in [0.05, 0.1) is 5.57 Å². The number of fused-ring (bicyclic) bond motifs is 1. The third kappa shape index (κ3) is 4.34. The van der Waals surface area contributed by atoms with Crippen LogP contribution in [0.1, 0.15) is 41.4 Å². The van der Waals surface area contributed by atoms with Crippen LogP contribution >= 0.6 is 0 Å². The summed E-state index contributed by atoms with van der Waals surface area (Å²) in [5, 5.41) is 5.95. The molecular formula is C27H27N3O3. The number of carbonyl (C=O) groups excluding carboxylic acids is 2. The molecule has 2 aliphatic rings. The highest BCUT2D eigenvalue weighted by Crippen LogP contribution is 2.33. The van der Waals surface area contributed by atoms with E-state index in [1.165, 1.54) is 6.42 Å². The van der Waals surface area contributed by atoms with Crippen LogP contribution in [0.2, 0.25) is 0 Å². The first-order chi connectivity index (χ1) is 16.1. The Labute approximate surface area is 193 Å². The molecule has 5 rings (SSSR count). The van der Waals surface area contributed by atoms with Crippen LogP contribution in [0, 0.1) is 0 Å². The second kappa shape index (κ2) is 9.08. The number of rotatable bonds is 6. The van der Waals surface area contributed by atoms with Crippen LogP contribution in [0.5, 0.6) is 0 Å². The molecule has 0 spiro atoms. The van der Waals surface area contributed by atoms with Crippen molar-refractivity contribution in [3.63, 3.8) is 0 Å². The van der Waals surface area contributed by atoms with Gasteiger partial charge in [-0.25, -0.2) is 0 Å². The van der Waals surface area contributed by atoms with Gasteiger partial charge >= 0.3 is 0 Å². The van der Waals surface area contributed by atoms with E-state index < -0.39 is 0 Å². The molecule has 1 atom stereocenters. The van der Waals surface area contributed by atoms with E-state index in [0.717, 1.165) is 36.3 Å². The summed E-state index contributed by atoms with van der Waals surface area (Å²) < 4.78 is 6.00. The Bertz CT molecular complexity index is 1230. The Kier molecular flexibility index (Phi) is 5.84. The number of likely N-dealkylation sites (tertiary alicyclic amines) is 1. The van der Waals surface area contributed by atoms with Crippen LogP contribution in [0.4, 0.5) is 5.69 Å². The van der Waals surface area contributed by atoms with Crippen LogP contribution in [0.25, 0.3) is 23.0 Å². The molecular weight excluding hydrogens is 414 g/mol. The molecule has 0 radical (unpaired) electrons. The molecule has 168 valence electrons. The zero-order valence-corrected chi connectivity index (χ0v) is 18.6. The predicted molar refractivity (Wildman–Crippen MR) is 130 cm³/mol. The zero-order chi connectivity index (χ0) is 22.8. The van der Waals surface area contributed by atoms with Crippen molar-refractivity contribution in [3.05, 3.63) is 77.6 Å². The molecule has 1 fully saturated rings. The standard InChI is InChI=1S/C27H27N3O3/c1-2-30-14-6-9-20(30)17-28-26(31)19-8-5-7-18(15-19)25-13-12-21(33-25)16-23-22-10-3-4-11-24(22)29-27(23)32/h3-5,7-8,10-13,15-16,20H,2,6,9,14,17H2,1H3,(H,28,31)(H,29,32). The fourth-order valence-electron chi connectivity index (χ4n) is 4.68. The summed E-state index contributed by atoms with van der Waals surface area (Å²) in [5.41, 5.74) is 3.67. The van der Waals surface area contributed by atoms with E-state index in [4.69, 9.17) is 4.42 Å². The van der Waals surface area contributed by atoms with E-state index >= 15 is 0 Å². The lowest BCUT2D eigenvalue weighted by Gasteiger charge is -2.22. The van der Waals surface area contributed by atoms with Crippen molar-refractivity contribution < 1.29 is 14.0 Å². The van der Waals surface area contributed by atoms with Crippen molar-refractivity contribution in [1.29, 1.82) is 0 Å². The number of hydrogen-bond acceptors (Lipinski definition) is 4. The lowest BCUT2D eigenvalue weighted by molar-refractivity contribution is -0.110. The van der Waals surface area contributed by atoms with E-state index in [9.17, 15) is 9.59 Å². The topological polar surface area (TPSA) is 74.6 Å². The fourth-order valence-corrected chi connectivity index (χ4v) is 4.68. The molecule has 0 bridgehead atoms. The highest BCUT2D eigenvalue weighted by Gasteiger charge is 2.24. The molecule has 6 nitrogen and oxygen atoms in total. The smallest absolute Gasteiger partial charge is 0.256 e. The first-order valence-electron chi connectivity index (χ1n) is 11.5. The minimum absolute atomic E-state index is 0.0760. The van der Waals surface area contributed by atoms with Gasteiger partial charge < -0.3 is 15.1 Å². The summed E-state index contributed by atoms with van der Waals surface area (Å²) in [6, 6.07) is 19.1. The summed E-state index contributed by atoms with van der Waals surface area (Å²) in [5.74, 6) is 1.02. The third-order valence-corrected chi connectivity index (χ3v) is 6.44. The van der Waals surface area contributed by atoms with Gasteiger partial charge in [-0.05, 0) is 62.3 Å². The SMILES string of the molecule is CCN1CCCC1CNC(=O)c1cccc(-c2ccc(C=C3C(=O)Nc4ccccc43)o2)c1. The lowest BCUT2D eigenvalue weighted by atomic mass is 10.1. The van der Waals surface area contributed by atoms with Gasteiger partial charge in [0, 0.05) is 35.0 Å². The van der Waals surface area contributed by atoms with Crippen molar-refractivity contribution in [3.8, 4) is 11.3 Å². The monoisotopic (exact) mass is 441 g/mol. The zero-order valence-electron chi connectivity index (χ0n) is 18.6. The Morgan fingerprint density at radius 1 is 1.18 bits per heavy atom. The van der Waals surface area contributed by atoms with E-state index in [1.54, 1.807) is 6.08 Å². The largest absolute Gasteiger partial charge is 0.457 e. The Hall–Kier alpha value is -3.64. The number of furan rings is 1. The van der Waals surface area contributed by atoms with Crippen LogP contribution in [-0.2, 0) is 4.79 Å². The molecule has 1 aromatic heterocycles. The van der Waals surface area contributed by atoms with E-state index in [-0.39, 0.29) is 11.8 Å². The first-order valence-corrected chi connectivity index (χ1v) is 11.5. The molecule has 3 aromatic rings. The van der Waals surface area contributed by atoms with E-state index in [1.807, 2.05) is 60.7 Å². The summed E-state index contributed by atoms with van der Waals surface area (Å²) in [6.07, 6.45) is 4.07. The van der Waals surface area contributed by atoms with E-state index in [0.29, 0.717) is 35.2 Å². The predicted octanol–water partition coefficient (Wildman–Crippen LogP) is 4.65. The maximum absolute atomic E-state index is 12.8. The fraction of sp³-hybridized carbons (Fsp3) is 0.259. The quantitative estimate of drug-likeness (QED) is 0.546. The van der Waals surface area contributed by atoms with Gasteiger partial charge in [0.1, 0.15) is 11.5 Å². The molecule has 2 aliphatic heterocycles. The van der Waals surface area contributed by atoms with Crippen molar-refractivity contribution in [2.75, 3.05) is 25.0 Å². The Morgan fingerprint density at radius 2 is 2.06 bits per heavy atom. The van der Waals surface area contributed by atoms with Gasteiger partial charge in [-0.1, -0.05) is 37.3 Å². The molecule has 2 N–H and O–H groups in total. The molecule has 1 saturated heterocycles. The Morgan fingerprint density at radius 3 is 2.94 bits per heavy atom. The number of carbonyl (C=O) groups is 2. The van der Waals surface area contributed by atoms with Crippen LogP contribution in [0.3, 0.4) is 0 Å². The summed E-state index contributed by atoms with van der Waals surface area (Å²) in [7, 11) is 0. The molecule has 1 unspecified atom stereocenters. The third-order valence-electron chi connectivity index (χ3n) is 6.44. The van der Waals surface area contributed by atoms with Crippen molar-refractivity contribution in [2.24, 2.45) is 0 Å². The van der Waals surface area contributed by atoms with Gasteiger partial charge in [-0.2, -0.15) is 0 Å². The van der Waals surface area contributed by atoms with Gasteiger partial charge in [-0.3, -0.25) is 14.5 Å². The number of para-hydroxylation sites is 1. The minimum Gasteiger partial charge on any atom is -0.457 e. The van der Waals surface area contributed by atoms with Crippen molar-refractivity contribution in [2.45, 2.75) is 25.8 Å². The summed E-state index contributed by atoms with van der Waals surface area (Å²) in [6.45, 7) is 4.95. The highest BCUT2D eigenvalue weighted by molar-refractivity contribution is 6.34. The number of anilines is 1. The molecule has 0 aliphatic carbocycles. The van der Waals surface area contributed by atoms with Gasteiger partial charge in [-0.15, -0.1) is 0 Å². The van der Waals surface area contributed by atoms with Crippen molar-refractivity contribution >= 4 is 29.2 Å². The molecule has 3 heterocycles. The second-order valence-electron chi connectivity index (χ2n) is 8.48. The maximum atomic E-state index is 12.8. The summed E-state index contributed by atoms with van der Waals surface area (Å²) >= 11 is 0.